The van der Waals surface area contributed by atoms with E-state index in [-0.39, 0.29) is 17.4 Å². The molecule has 1 atom stereocenters. The molecule has 186 valence electrons. The Morgan fingerprint density at radius 3 is 2.63 bits per heavy atom. The second kappa shape index (κ2) is 8.86. The summed E-state index contributed by atoms with van der Waals surface area (Å²) in [6.07, 6.45) is 3.49. The first-order valence-electron chi connectivity index (χ1n) is 12.0. The van der Waals surface area contributed by atoms with Crippen LogP contribution in [0.15, 0.2) is 30.6 Å². The van der Waals surface area contributed by atoms with E-state index in [1.807, 2.05) is 24.3 Å². The maximum absolute atomic E-state index is 13.6. The Balaban J connectivity index is 1.37. The SMILES string of the molecule is Cn1cc(CN2CCC3(CC2)CC(C(=O)NC2CC2)N(c2ccc(C#N)c(C(F)(F)F)c2)C3)cn1. The summed E-state index contributed by atoms with van der Waals surface area (Å²) >= 11 is 0. The van der Waals surface area contributed by atoms with Gasteiger partial charge in [-0.05, 0) is 68.8 Å². The minimum atomic E-state index is -4.64. The van der Waals surface area contributed by atoms with Crippen LogP contribution in [0.2, 0.25) is 0 Å². The standard InChI is InChI=1S/C25H29F3N6O/c1-32-14-17(13-30-32)15-33-8-6-24(7-9-33)11-22(23(35)31-19-3-4-19)34(16-24)20-5-2-18(12-29)21(10-20)25(26,27)28/h2,5,10,13-14,19,22H,3-4,6-9,11,15-16H2,1H3,(H,31,35). The van der Waals surface area contributed by atoms with Crippen molar-refractivity contribution in [1.29, 1.82) is 5.26 Å². The smallest absolute Gasteiger partial charge is 0.359 e. The lowest BCUT2D eigenvalue weighted by molar-refractivity contribution is -0.137. The monoisotopic (exact) mass is 486 g/mol. The molecule has 2 aliphatic heterocycles. The molecule has 10 heteroatoms. The number of nitrogens with one attached hydrogen (secondary N) is 1. The Hall–Kier alpha value is -3.06. The van der Waals surface area contributed by atoms with Gasteiger partial charge in [-0.1, -0.05) is 0 Å². The van der Waals surface area contributed by atoms with Gasteiger partial charge in [-0.25, -0.2) is 0 Å². The highest BCUT2D eigenvalue weighted by Gasteiger charge is 2.49. The molecule has 1 aliphatic carbocycles. The van der Waals surface area contributed by atoms with Gasteiger partial charge >= 0.3 is 6.18 Å². The highest BCUT2D eigenvalue weighted by molar-refractivity contribution is 5.86. The number of likely N-dealkylation sites (tertiary alicyclic amines) is 1. The first-order chi connectivity index (χ1) is 16.7. The number of carbonyl (C=O) groups is 1. The van der Waals surface area contributed by atoms with E-state index in [2.05, 4.69) is 15.3 Å². The topological polar surface area (TPSA) is 77.2 Å². The molecule has 1 N–H and O–H groups in total. The molecular formula is C25H29F3N6O. The van der Waals surface area contributed by atoms with Gasteiger partial charge in [0.05, 0.1) is 23.4 Å². The van der Waals surface area contributed by atoms with Gasteiger partial charge in [-0.3, -0.25) is 14.4 Å². The number of aryl methyl sites for hydroxylation is 1. The third-order valence-corrected chi connectivity index (χ3v) is 7.58. The number of hydrogen-bond acceptors (Lipinski definition) is 5. The molecule has 2 saturated heterocycles. The van der Waals surface area contributed by atoms with E-state index >= 15 is 0 Å². The maximum atomic E-state index is 13.6. The summed E-state index contributed by atoms with van der Waals surface area (Å²) < 4.78 is 42.7. The number of aromatic nitrogens is 2. The first kappa shape index (κ1) is 23.7. The molecule has 1 saturated carbocycles. The molecule has 0 bridgehead atoms. The van der Waals surface area contributed by atoms with Crippen LogP contribution in [0.25, 0.3) is 0 Å². The van der Waals surface area contributed by atoms with Crippen molar-refractivity contribution in [2.45, 2.75) is 56.9 Å². The van der Waals surface area contributed by atoms with E-state index in [1.54, 1.807) is 16.8 Å². The van der Waals surface area contributed by atoms with Crippen molar-refractivity contribution < 1.29 is 18.0 Å². The van der Waals surface area contributed by atoms with Crippen molar-refractivity contribution in [3.63, 3.8) is 0 Å². The molecule has 2 aromatic rings. The van der Waals surface area contributed by atoms with E-state index < -0.39 is 23.3 Å². The number of piperidine rings is 1. The molecule has 7 nitrogen and oxygen atoms in total. The lowest BCUT2D eigenvalue weighted by atomic mass is 9.76. The van der Waals surface area contributed by atoms with E-state index in [0.29, 0.717) is 18.7 Å². The number of benzene rings is 1. The largest absolute Gasteiger partial charge is 0.417 e. The molecule has 1 aromatic heterocycles. The number of alkyl halides is 3. The molecule has 3 aliphatic rings. The normalized spacial score (nSPS) is 22.4. The maximum Gasteiger partial charge on any atom is 0.417 e. The van der Waals surface area contributed by atoms with Gasteiger partial charge in [-0.15, -0.1) is 0 Å². The van der Waals surface area contributed by atoms with Crippen LogP contribution in [0.1, 0.15) is 48.8 Å². The summed E-state index contributed by atoms with van der Waals surface area (Å²) in [5.41, 5.74) is 0.00450. The summed E-state index contributed by atoms with van der Waals surface area (Å²) in [4.78, 5) is 17.4. The summed E-state index contributed by atoms with van der Waals surface area (Å²) in [5, 5.41) is 16.5. The number of anilines is 1. The fourth-order valence-corrected chi connectivity index (χ4v) is 5.49. The zero-order valence-electron chi connectivity index (χ0n) is 19.7. The van der Waals surface area contributed by atoms with Crippen LogP contribution < -0.4 is 10.2 Å². The van der Waals surface area contributed by atoms with Gasteiger partial charge in [0.2, 0.25) is 5.91 Å². The highest BCUT2D eigenvalue weighted by atomic mass is 19.4. The fraction of sp³-hybridized carbons (Fsp3) is 0.560. The van der Waals surface area contributed by atoms with Gasteiger partial charge in [0.25, 0.3) is 0 Å². The second-order valence-corrected chi connectivity index (χ2v) is 10.3. The van der Waals surface area contributed by atoms with Gasteiger partial charge < -0.3 is 10.2 Å². The number of nitrogens with zero attached hydrogens (tertiary/aromatic N) is 5. The molecule has 1 spiro atoms. The molecular weight excluding hydrogens is 457 g/mol. The molecule has 3 fully saturated rings. The van der Waals surface area contributed by atoms with Crippen molar-refractivity contribution >= 4 is 11.6 Å². The Morgan fingerprint density at radius 1 is 1.29 bits per heavy atom. The minimum Gasteiger partial charge on any atom is -0.359 e. The molecule has 1 amide bonds. The molecule has 5 rings (SSSR count). The molecule has 1 aromatic carbocycles. The molecule has 1 unspecified atom stereocenters. The third kappa shape index (κ3) is 5.01. The average molecular weight is 487 g/mol. The Bertz CT molecular complexity index is 1140. The van der Waals surface area contributed by atoms with Crippen LogP contribution >= 0.6 is 0 Å². The summed E-state index contributed by atoms with van der Waals surface area (Å²) in [6.45, 7) is 3.06. The Labute approximate surface area is 202 Å². The highest BCUT2D eigenvalue weighted by Crippen LogP contribution is 2.46. The quantitative estimate of drug-likeness (QED) is 0.701. The van der Waals surface area contributed by atoms with Crippen molar-refractivity contribution in [3.8, 4) is 6.07 Å². The van der Waals surface area contributed by atoms with E-state index in [9.17, 15) is 23.2 Å². The molecule has 3 heterocycles. The Kier molecular flexibility index (Phi) is 5.99. The predicted molar refractivity (Wildman–Crippen MR) is 123 cm³/mol. The van der Waals surface area contributed by atoms with Crippen LogP contribution in [-0.4, -0.2) is 52.3 Å². The Morgan fingerprint density at radius 2 is 2.03 bits per heavy atom. The van der Waals surface area contributed by atoms with Gasteiger partial charge in [0, 0.05) is 43.6 Å². The predicted octanol–water partition coefficient (Wildman–Crippen LogP) is 3.45. The van der Waals surface area contributed by atoms with Gasteiger partial charge in [0.1, 0.15) is 6.04 Å². The van der Waals surface area contributed by atoms with E-state index in [1.165, 1.54) is 6.07 Å². The molecule has 35 heavy (non-hydrogen) atoms. The van der Waals surface area contributed by atoms with E-state index in [0.717, 1.165) is 56.9 Å². The van der Waals surface area contributed by atoms with Crippen molar-refractivity contribution in [3.05, 3.63) is 47.3 Å². The van der Waals surface area contributed by atoms with Crippen LogP contribution in [0.3, 0.4) is 0 Å². The fourth-order valence-electron chi connectivity index (χ4n) is 5.49. The van der Waals surface area contributed by atoms with Crippen LogP contribution in [0.5, 0.6) is 0 Å². The number of hydrogen-bond donors (Lipinski definition) is 1. The zero-order chi connectivity index (χ0) is 24.8. The van der Waals surface area contributed by atoms with Crippen molar-refractivity contribution in [2.75, 3.05) is 24.5 Å². The van der Waals surface area contributed by atoms with Crippen LogP contribution in [0.4, 0.5) is 18.9 Å². The van der Waals surface area contributed by atoms with Gasteiger partial charge in [0.15, 0.2) is 0 Å². The third-order valence-electron chi connectivity index (χ3n) is 7.58. The summed E-state index contributed by atoms with van der Waals surface area (Å²) in [7, 11) is 1.89. The van der Waals surface area contributed by atoms with Crippen molar-refractivity contribution in [1.82, 2.24) is 20.0 Å². The van der Waals surface area contributed by atoms with E-state index in [4.69, 9.17) is 0 Å². The lowest BCUT2D eigenvalue weighted by Crippen LogP contribution is -2.44. The second-order valence-electron chi connectivity index (χ2n) is 10.3. The number of halogens is 3. The molecule has 0 radical (unpaired) electrons. The van der Waals surface area contributed by atoms with Crippen molar-refractivity contribution in [2.24, 2.45) is 12.5 Å². The van der Waals surface area contributed by atoms with Gasteiger partial charge in [-0.2, -0.15) is 23.5 Å². The zero-order valence-corrected chi connectivity index (χ0v) is 19.7. The number of amides is 1. The summed E-state index contributed by atoms with van der Waals surface area (Å²) in [5.74, 6) is -0.111. The number of nitriles is 1. The lowest BCUT2D eigenvalue weighted by Gasteiger charge is -2.39. The summed E-state index contributed by atoms with van der Waals surface area (Å²) in [6, 6.07) is 5.09. The first-order valence-corrected chi connectivity index (χ1v) is 12.0. The average Bonchev–Trinajstić information content (AvgIpc) is 3.42. The number of rotatable bonds is 5. The minimum absolute atomic E-state index is 0.111. The number of carbonyl (C=O) groups excluding carboxylic acids is 1. The van der Waals surface area contributed by atoms with Crippen LogP contribution in [0, 0.1) is 16.7 Å². The van der Waals surface area contributed by atoms with Crippen LogP contribution in [-0.2, 0) is 24.6 Å².